The maximum atomic E-state index is 12.7. The number of aromatic amines is 2. The Balaban J connectivity index is 1.62. The number of fused-ring (bicyclic) bond motifs is 1. The van der Waals surface area contributed by atoms with E-state index in [0.717, 1.165) is 15.7 Å². The lowest BCUT2D eigenvalue weighted by Gasteiger charge is -2.02. The van der Waals surface area contributed by atoms with Gasteiger partial charge in [0.1, 0.15) is 0 Å². The summed E-state index contributed by atoms with van der Waals surface area (Å²) < 4.78 is 2.27. The van der Waals surface area contributed by atoms with E-state index in [0.29, 0.717) is 22.2 Å². The number of nitrogens with zero attached hydrogens (tertiary/aromatic N) is 3. The van der Waals surface area contributed by atoms with Crippen LogP contribution in [0.1, 0.15) is 16.8 Å². The van der Waals surface area contributed by atoms with Crippen molar-refractivity contribution in [3.63, 3.8) is 0 Å². The van der Waals surface area contributed by atoms with Crippen LogP contribution in [-0.4, -0.2) is 26.0 Å². The van der Waals surface area contributed by atoms with Gasteiger partial charge in [-0.1, -0.05) is 28.1 Å². The fraction of sp³-hybridized carbons (Fsp3) is 0.100. The zero-order valence-corrected chi connectivity index (χ0v) is 17.2. The highest BCUT2D eigenvalue weighted by molar-refractivity contribution is 9.10. The second-order valence-corrected chi connectivity index (χ2v) is 7.49. The summed E-state index contributed by atoms with van der Waals surface area (Å²) in [4.78, 5) is 31.9. The summed E-state index contributed by atoms with van der Waals surface area (Å²) in [6, 6.07) is 12.9. The summed E-state index contributed by atoms with van der Waals surface area (Å²) in [7, 11) is 0. The van der Waals surface area contributed by atoms with Crippen LogP contribution in [0.25, 0.3) is 16.6 Å². The van der Waals surface area contributed by atoms with Crippen molar-refractivity contribution in [2.75, 3.05) is 5.43 Å². The second kappa shape index (κ2) is 7.51. The van der Waals surface area contributed by atoms with Crippen molar-refractivity contribution >= 4 is 39.0 Å². The van der Waals surface area contributed by atoms with E-state index in [1.165, 1.54) is 10.9 Å². The molecule has 2 aromatic heterocycles. The zero-order chi connectivity index (χ0) is 20.5. The lowest BCUT2D eigenvalue weighted by atomic mass is 10.2. The highest BCUT2D eigenvalue weighted by atomic mass is 79.9. The Hall–Kier alpha value is -3.46. The number of rotatable bonds is 4. The predicted molar refractivity (Wildman–Crippen MR) is 117 cm³/mol. The number of hydrazone groups is 1. The second-order valence-electron chi connectivity index (χ2n) is 6.58. The number of aryl methyl sites for hydroxylation is 2. The first-order chi connectivity index (χ1) is 13.9. The summed E-state index contributed by atoms with van der Waals surface area (Å²) >= 11 is 3.33. The summed E-state index contributed by atoms with van der Waals surface area (Å²) in [5.41, 5.74) is 5.60. The molecule has 0 spiro atoms. The molecule has 29 heavy (non-hydrogen) atoms. The van der Waals surface area contributed by atoms with Crippen molar-refractivity contribution in [1.29, 1.82) is 0 Å². The normalized spacial score (nSPS) is 11.4. The molecule has 4 rings (SSSR count). The molecule has 2 heterocycles. The minimum atomic E-state index is -0.284. The van der Waals surface area contributed by atoms with Crippen molar-refractivity contribution < 1.29 is 0 Å². The molecule has 8 nitrogen and oxygen atoms in total. The molecule has 0 unspecified atom stereocenters. The average Bonchev–Trinajstić information content (AvgIpc) is 2.97. The Labute approximate surface area is 173 Å². The molecular weight excluding hydrogens is 436 g/mol. The van der Waals surface area contributed by atoms with Gasteiger partial charge in [0.25, 0.3) is 11.1 Å². The van der Waals surface area contributed by atoms with E-state index in [2.05, 4.69) is 41.5 Å². The Morgan fingerprint density at radius 1 is 1.17 bits per heavy atom. The number of halogens is 1. The topological polar surface area (TPSA) is 108 Å². The predicted octanol–water partition coefficient (Wildman–Crippen LogP) is 3.23. The fourth-order valence-electron chi connectivity index (χ4n) is 2.98. The van der Waals surface area contributed by atoms with Crippen molar-refractivity contribution in [1.82, 2.24) is 19.7 Å². The number of benzene rings is 2. The van der Waals surface area contributed by atoms with E-state index < -0.39 is 0 Å². The third kappa shape index (κ3) is 3.77. The van der Waals surface area contributed by atoms with Crippen LogP contribution in [0.2, 0.25) is 0 Å². The van der Waals surface area contributed by atoms with E-state index in [4.69, 9.17) is 0 Å². The van der Waals surface area contributed by atoms with Gasteiger partial charge in [-0.3, -0.25) is 19.7 Å². The molecule has 2 aromatic carbocycles. The largest absolute Gasteiger partial charge is 0.295 e. The van der Waals surface area contributed by atoms with Crippen LogP contribution in [0.5, 0.6) is 0 Å². The monoisotopic (exact) mass is 452 g/mol. The van der Waals surface area contributed by atoms with Crippen LogP contribution in [0, 0.1) is 13.8 Å². The molecule has 0 saturated heterocycles. The number of aromatic nitrogens is 4. The van der Waals surface area contributed by atoms with Gasteiger partial charge in [0.15, 0.2) is 0 Å². The molecule has 9 heteroatoms. The van der Waals surface area contributed by atoms with Crippen LogP contribution in [0.4, 0.5) is 5.95 Å². The number of anilines is 1. The van der Waals surface area contributed by atoms with Gasteiger partial charge in [-0.2, -0.15) is 5.10 Å². The lowest BCUT2D eigenvalue weighted by molar-refractivity contribution is 0.834. The molecule has 0 radical (unpaired) electrons. The summed E-state index contributed by atoms with van der Waals surface area (Å²) in [5, 5.41) is 7.59. The van der Waals surface area contributed by atoms with Crippen LogP contribution in [-0.2, 0) is 0 Å². The highest BCUT2D eigenvalue weighted by Gasteiger charge is 2.11. The van der Waals surface area contributed by atoms with Crippen LogP contribution >= 0.6 is 15.9 Å². The minimum absolute atomic E-state index is 0.188. The van der Waals surface area contributed by atoms with Gasteiger partial charge in [0.05, 0.1) is 28.4 Å². The molecular formula is C20H17BrN6O2. The molecule has 0 fully saturated rings. The Morgan fingerprint density at radius 2 is 2.00 bits per heavy atom. The van der Waals surface area contributed by atoms with Gasteiger partial charge in [0, 0.05) is 10.2 Å². The highest BCUT2D eigenvalue weighted by Crippen LogP contribution is 2.16. The van der Waals surface area contributed by atoms with Gasteiger partial charge in [-0.25, -0.2) is 15.1 Å². The Morgan fingerprint density at radius 3 is 2.79 bits per heavy atom. The maximum absolute atomic E-state index is 12.7. The Bertz CT molecular complexity index is 1370. The van der Waals surface area contributed by atoms with E-state index >= 15 is 0 Å². The first-order valence-electron chi connectivity index (χ1n) is 8.80. The van der Waals surface area contributed by atoms with Crippen molar-refractivity contribution in [2.24, 2.45) is 5.10 Å². The number of H-pyrrole nitrogens is 2. The minimum Gasteiger partial charge on any atom is -0.295 e. The standard InChI is InChI=1S/C20H17BrN6O2/c1-11-4-3-5-14(8-11)27-19(29)16(12(2)26-27)10-22-25-20-23-17-7-6-13(21)9-15(17)18(28)24-20/h3-10,26H,1-2H3,(H2,23,24,25,28). The molecule has 0 amide bonds. The smallest absolute Gasteiger partial charge is 0.280 e. The number of hydrogen-bond donors (Lipinski definition) is 3. The molecule has 0 atom stereocenters. The molecule has 3 N–H and O–H groups in total. The summed E-state index contributed by atoms with van der Waals surface area (Å²) in [6.07, 6.45) is 1.41. The first kappa shape index (κ1) is 18.9. The summed E-state index contributed by atoms with van der Waals surface area (Å²) in [5.74, 6) is 0.188. The fourth-order valence-corrected chi connectivity index (χ4v) is 3.34. The molecule has 0 aliphatic heterocycles. The average molecular weight is 453 g/mol. The van der Waals surface area contributed by atoms with Crippen LogP contribution < -0.4 is 16.5 Å². The lowest BCUT2D eigenvalue weighted by Crippen LogP contribution is -2.17. The van der Waals surface area contributed by atoms with E-state index in [-0.39, 0.29) is 17.1 Å². The third-order valence-electron chi connectivity index (χ3n) is 4.41. The van der Waals surface area contributed by atoms with Gasteiger partial charge in [0.2, 0.25) is 5.95 Å². The number of hydrogen-bond acceptors (Lipinski definition) is 5. The molecule has 0 aliphatic rings. The van der Waals surface area contributed by atoms with Crippen LogP contribution in [0.15, 0.2) is 61.6 Å². The number of nitrogens with one attached hydrogen (secondary N) is 3. The molecule has 0 bridgehead atoms. The zero-order valence-electron chi connectivity index (χ0n) is 15.7. The van der Waals surface area contributed by atoms with Crippen LogP contribution in [0.3, 0.4) is 0 Å². The van der Waals surface area contributed by atoms with Gasteiger partial charge < -0.3 is 0 Å². The summed E-state index contributed by atoms with van der Waals surface area (Å²) in [6.45, 7) is 3.76. The van der Waals surface area contributed by atoms with Gasteiger partial charge >= 0.3 is 0 Å². The van der Waals surface area contributed by atoms with Crippen molar-refractivity contribution in [3.8, 4) is 5.69 Å². The molecule has 0 saturated carbocycles. The quantitative estimate of drug-likeness (QED) is 0.326. The molecule has 4 aromatic rings. The van der Waals surface area contributed by atoms with E-state index in [1.807, 2.05) is 31.2 Å². The first-order valence-corrected chi connectivity index (χ1v) is 9.59. The van der Waals surface area contributed by atoms with Gasteiger partial charge in [-0.15, -0.1) is 0 Å². The third-order valence-corrected chi connectivity index (χ3v) is 4.90. The molecule has 0 aliphatic carbocycles. The molecule has 146 valence electrons. The SMILES string of the molecule is Cc1cccc(-n2[nH]c(C)c(C=NNc3nc4ccc(Br)cc4c(=O)[nH]3)c2=O)c1. The van der Waals surface area contributed by atoms with E-state index in [1.54, 1.807) is 25.1 Å². The van der Waals surface area contributed by atoms with Crippen molar-refractivity contribution in [2.45, 2.75) is 13.8 Å². The van der Waals surface area contributed by atoms with Crippen molar-refractivity contribution in [3.05, 3.63) is 84.5 Å². The Kier molecular flexibility index (Phi) is 4.89. The van der Waals surface area contributed by atoms with E-state index in [9.17, 15) is 9.59 Å². The van der Waals surface area contributed by atoms with Gasteiger partial charge in [-0.05, 0) is 49.7 Å². The maximum Gasteiger partial charge on any atom is 0.280 e.